The molecule has 0 aromatic rings. The third-order valence-corrected chi connectivity index (χ3v) is 16.2. The highest BCUT2D eigenvalue weighted by Crippen LogP contribution is 2.38. The number of allylic oxidation sites excluding steroid dienone is 18. The first-order chi connectivity index (χ1) is 42.0. The Morgan fingerprint density at radius 3 is 0.988 bits per heavy atom. The van der Waals surface area contributed by atoms with Crippen LogP contribution in [0.15, 0.2) is 109 Å². The average Bonchev–Trinajstić information content (AvgIpc) is 3.70. The Kier molecular flexibility index (Phi) is 63.5. The van der Waals surface area contributed by atoms with Gasteiger partial charge >= 0.3 is 11.9 Å². The molecule has 0 aliphatic carbocycles. The van der Waals surface area contributed by atoms with Crippen LogP contribution >= 0.6 is 7.82 Å². The predicted octanol–water partition coefficient (Wildman–Crippen LogP) is 22.6. The molecule has 0 aliphatic rings. The van der Waals surface area contributed by atoms with E-state index in [1.54, 1.807) is 0 Å². The van der Waals surface area contributed by atoms with E-state index in [4.69, 9.17) is 18.5 Å². The van der Waals surface area contributed by atoms with Gasteiger partial charge in [0.15, 0.2) is 6.10 Å². The maximum Gasteiger partial charge on any atom is 0.306 e. The molecular weight excluding hydrogens is 1090 g/mol. The summed E-state index contributed by atoms with van der Waals surface area (Å²) in [6.07, 6.45) is 93.2. The first kappa shape index (κ1) is 82.7. The van der Waals surface area contributed by atoms with Crippen molar-refractivity contribution >= 4 is 19.8 Å². The van der Waals surface area contributed by atoms with Crippen molar-refractivity contribution in [1.82, 2.24) is 0 Å². The molecule has 0 aromatic carbocycles. The molecule has 0 aromatic heterocycles. The van der Waals surface area contributed by atoms with Crippen LogP contribution in [0.2, 0.25) is 0 Å². The summed E-state index contributed by atoms with van der Waals surface area (Å²) in [6, 6.07) is 0. The van der Waals surface area contributed by atoms with Gasteiger partial charge in [0.05, 0.1) is 27.7 Å². The molecule has 2 atom stereocenters. The first-order valence-corrected chi connectivity index (χ1v) is 37.1. The van der Waals surface area contributed by atoms with Crippen molar-refractivity contribution in [1.29, 1.82) is 0 Å². The number of ether oxygens (including phenoxy) is 2. The molecule has 0 saturated heterocycles. The number of carbonyl (C=O) groups is 2. The van der Waals surface area contributed by atoms with Crippen LogP contribution < -0.4 is 4.89 Å². The summed E-state index contributed by atoms with van der Waals surface area (Å²) in [5.41, 5.74) is 0. The lowest BCUT2D eigenvalue weighted by Crippen LogP contribution is -2.37. The van der Waals surface area contributed by atoms with Crippen molar-refractivity contribution in [3.63, 3.8) is 0 Å². The van der Waals surface area contributed by atoms with Gasteiger partial charge in [0, 0.05) is 12.8 Å². The summed E-state index contributed by atoms with van der Waals surface area (Å²) in [7, 11) is 1.17. The summed E-state index contributed by atoms with van der Waals surface area (Å²) in [5.74, 6) is -0.830. The fourth-order valence-corrected chi connectivity index (χ4v) is 10.6. The first-order valence-electron chi connectivity index (χ1n) is 35.6. The molecule has 0 radical (unpaired) electrons. The van der Waals surface area contributed by atoms with Crippen LogP contribution in [0, 0.1) is 0 Å². The molecular formula is C76H134NO8P. The van der Waals surface area contributed by atoms with Crippen LogP contribution in [0.25, 0.3) is 0 Å². The molecule has 0 amide bonds. The Bertz CT molecular complexity index is 1820. The van der Waals surface area contributed by atoms with E-state index in [9.17, 15) is 19.0 Å². The number of hydrogen-bond acceptors (Lipinski definition) is 8. The molecule has 0 rings (SSSR count). The molecule has 0 N–H and O–H groups in total. The SMILES string of the molecule is CC/C=C\C/C=C\C/C=C\C/C=C\C/C=C\C/C=C\C/C=C\CCCCCCCCCCCCCCCCCCCCCC(=O)OC(COC(=O)CCCCCCCCCCC/C=C\C/C=C\CCCCCCC)COP(=O)([O-])OCC[N+](C)(C)C. The minimum atomic E-state index is -4.65. The molecule has 0 spiro atoms. The third-order valence-electron chi connectivity index (χ3n) is 15.3. The van der Waals surface area contributed by atoms with Crippen LogP contribution in [-0.2, 0) is 32.7 Å². The van der Waals surface area contributed by atoms with Crippen LogP contribution in [0.5, 0.6) is 0 Å². The van der Waals surface area contributed by atoms with Gasteiger partial charge in [-0.1, -0.05) is 303 Å². The number of quaternary nitrogens is 1. The quantitative estimate of drug-likeness (QED) is 0.0195. The number of likely N-dealkylation sites (N-methyl/N-ethyl adjacent to an activating group) is 1. The normalized spacial score (nSPS) is 13.8. The largest absolute Gasteiger partial charge is 0.756 e. The second-order valence-corrected chi connectivity index (χ2v) is 26.3. The molecule has 10 heteroatoms. The molecule has 0 aliphatic heterocycles. The Balaban J connectivity index is 3.98. The van der Waals surface area contributed by atoms with Crippen LogP contribution in [0.4, 0.5) is 0 Å². The van der Waals surface area contributed by atoms with Crippen molar-refractivity contribution in [3.05, 3.63) is 109 Å². The maximum atomic E-state index is 12.9. The number of hydrogen-bond donors (Lipinski definition) is 0. The van der Waals surface area contributed by atoms with Gasteiger partial charge in [-0.15, -0.1) is 0 Å². The highest BCUT2D eigenvalue weighted by Gasteiger charge is 2.22. The molecule has 0 saturated carbocycles. The standard InChI is InChI=1S/C76H134NO8P/c1-6-8-10-12-14-16-18-20-22-24-26-28-29-30-31-32-33-34-35-36-37-38-39-40-41-42-43-44-45-46-47-49-51-53-55-57-59-61-63-65-67-69-76(79)85-74(73-84-86(80,81)83-71-70-77(3,4)5)72-82-75(78)68-66-64-62-60-58-56-54-52-50-48-27-25-23-21-19-17-15-13-11-9-7-2/h8,10,14,16,19-22,25-28,30-31,33-34,36-37,74H,6-7,9,11-13,15,17-18,23-24,29,32,35,38-73H2,1-5H3/b10-8-,16-14-,21-19-,22-20-,27-25-,28-26-,31-30-,34-33-,37-36-. The number of phosphoric acid groups is 1. The molecule has 86 heavy (non-hydrogen) atoms. The summed E-state index contributed by atoms with van der Waals surface area (Å²) in [4.78, 5) is 38.0. The van der Waals surface area contributed by atoms with Crippen LogP contribution in [0.3, 0.4) is 0 Å². The van der Waals surface area contributed by atoms with Gasteiger partial charge in [0.1, 0.15) is 19.8 Å². The Morgan fingerprint density at radius 2 is 0.663 bits per heavy atom. The fourth-order valence-electron chi connectivity index (χ4n) is 9.85. The van der Waals surface area contributed by atoms with Crippen molar-refractivity contribution in [2.75, 3.05) is 47.5 Å². The van der Waals surface area contributed by atoms with Crippen LogP contribution in [-0.4, -0.2) is 70.0 Å². The maximum absolute atomic E-state index is 12.9. The van der Waals surface area contributed by atoms with Crippen molar-refractivity contribution in [2.24, 2.45) is 0 Å². The lowest BCUT2D eigenvalue weighted by molar-refractivity contribution is -0.870. The Labute approximate surface area is 531 Å². The highest BCUT2D eigenvalue weighted by atomic mass is 31.2. The van der Waals surface area contributed by atoms with Crippen LogP contribution in [0.1, 0.15) is 309 Å². The average molecular weight is 1220 g/mol. The van der Waals surface area contributed by atoms with E-state index in [1.807, 2.05) is 21.1 Å². The minimum absolute atomic E-state index is 0.0334. The van der Waals surface area contributed by atoms with Crippen molar-refractivity contribution in [3.8, 4) is 0 Å². The number of nitrogens with zero attached hydrogens (tertiary/aromatic N) is 1. The van der Waals surface area contributed by atoms with Gasteiger partial charge in [-0.2, -0.15) is 0 Å². The topological polar surface area (TPSA) is 111 Å². The van der Waals surface area contributed by atoms with Gasteiger partial charge in [0.25, 0.3) is 7.82 Å². The minimum Gasteiger partial charge on any atom is -0.756 e. The number of carbonyl (C=O) groups excluding carboxylic acids is 2. The Morgan fingerprint density at radius 1 is 0.372 bits per heavy atom. The monoisotopic (exact) mass is 1220 g/mol. The molecule has 0 bridgehead atoms. The Hall–Kier alpha value is -3.33. The summed E-state index contributed by atoms with van der Waals surface area (Å²) < 4.78 is 34.3. The van der Waals surface area contributed by atoms with Gasteiger partial charge < -0.3 is 27.9 Å². The number of rotatable bonds is 65. The number of unbranched alkanes of at least 4 members (excludes halogenated alkanes) is 33. The molecule has 9 nitrogen and oxygen atoms in total. The van der Waals surface area contributed by atoms with E-state index >= 15 is 0 Å². The van der Waals surface area contributed by atoms with Gasteiger partial charge in [-0.3, -0.25) is 14.2 Å². The summed E-state index contributed by atoms with van der Waals surface area (Å²) in [6.45, 7) is 4.14. The van der Waals surface area contributed by atoms with E-state index in [-0.39, 0.29) is 32.0 Å². The lowest BCUT2D eigenvalue weighted by Gasteiger charge is -2.28. The van der Waals surface area contributed by atoms with E-state index in [2.05, 4.69) is 123 Å². The zero-order valence-electron chi connectivity index (χ0n) is 56.5. The summed E-state index contributed by atoms with van der Waals surface area (Å²) >= 11 is 0. The zero-order chi connectivity index (χ0) is 62.6. The van der Waals surface area contributed by atoms with E-state index < -0.39 is 26.5 Å². The van der Waals surface area contributed by atoms with E-state index in [0.717, 1.165) is 96.3 Å². The molecule has 2 unspecified atom stereocenters. The number of esters is 2. The van der Waals surface area contributed by atoms with Crippen molar-refractivity contribution in [2.45, 2.75) is 315 Å². The second kappa shape index (κ2) is 66.1. The highest BCUT2D eigenvalue weighted by molar-refractivity contribution is 7.45. The van der Waals surface area contributed by atoms with Crippen molar-refractivity contribution < 1.29 is 42.1 Å². The van der Waals surface area contributed by atoms with Gasteiger partial charge in [-0.05, 0) is 103 Å². The molecule has 0 heterocycles. The number of phosphoric ester groups is 1. The lowest BCUT2D eigenvalue weighted by atomic mass is 10.0. The smallest absolute Gasteiger partial charge is 0.306 e. The van der Waals surface area contributed by atoms with Gasteiger partial charge in [-0.25, -0.2) is 0 Å². The zero-order valence-corrected chi connectivity index (χ0v) is 57.4. The molecule has 0 fully saturated rings. The molecule has 496 valence electrons. The third kappa shape index (κ3) is 69.8. The van der Waals surface area contributed by atoms with Gasteiger partial charge in [0.2, 0.25) is 0 Å². The second-order valence-electron chi connectivity index (χ2n) is 24.9. The predicted molar refractivity (Wildman–Crippen MR) is 369 cm³/mol. The fraction of sp³-hybridized carbons (Fsp3) is 0.737. The summed E-state index contributed by atoms with van der Waals surface area (Å²) in [5, 5.41) is 0. The van der Waals surface area contributed by atoms with E-state index in [0.29, 0.717) is 17.4 Å². The van der Waals surface area contributed by atoms with E-state index in [1.165, 1.54) is 180 Å².